The van der Waals surface area contributed by atoms with E-state index in [1.807, 2.05) is 0 Å². The van der Waals surface area contributed by atoms with Crippen LogP contribution in [0, 0.1) is 5.82 Å². The molecule has 1 heterocycles. The fourth-order valence-corrected chi connectivity index (χ4v) is 3.75. The van der Waals surface area contributed by atoms with Gasteiger partial charge in [-0.25, -0.2) is 4.39 Å². The molecule has 0 atom stereocenters. The Morgan fingerprint density at radius 3 is 2.43 bits per heavy atom. The summed E-state index contributed by atoms with van der Waals surface area (Å²) in [7, 11) is 0. The van der Waals surface area contributed by atoms with Gasteiger partial charge in [-0.05, 0) is 47.5 Å². The van der Waals surface area contributed by atoms with Gasteiger partial charge in [0.1, 0.15) is 5.82 Å². The fraction of sp³-hybridized carbons (Fsp3) is 0.136. The van der Waals surface area contributed by atoms with Gasteiger partial charge in [-0.3, -0.25) is 4.79 Å². The Kier molecular flexibility index (Phi) is 4.74. The largest absolute Gasteiger partial charge is 0.416 e. The fourth-order valence-electron chi connectivity index (χ4n) is 3.75. The highest BCUT2D eigenvalue weighted by molar-refractivity contribution is 6.17. The number of rotatable bonds is 4. The molecule has 0 aliphatic heterocycles. The van der Waals surface area contributed by atoms with Crippen LogP contribution < -0.4 is 5.73 Å². The molecule has 0 aliphatic carbocycles. The van der Waals surface area contributed by atoms with Crippen LogP contribution in [0.2, 0.25) is 0 Å². The predicted molar refractivity (Wildman–Crippen MR) is 104 cm³/mol. The summed E-state index contributed by atoms with van der Waals surface area (Å²) in [5.74, 6) is -1.63. The number of carbonyl (C=O) groups is 1. The Bertz CT molecular complexity index is 1290. The Labute approximate surface area is 168 Å². The lowest BCUT2D eigenvalue weighted by Gasteiger charge is -2.12. The van der Waals surface area contributed by atoms with Crippen molar-refractivity contribution >= 4 is 27.7 Å². The number of nitrogens with zero attached hydrogens (tertiary/aromatic N) is 1. The van der Waals surface area contributed by atoms with Gasteiger partial charge in [0.25, 0.3) is 0 Å². The number of hydrogen-bond acceptors (Lipinski definition) is 2. The summed E-state index contributed by atoms with van der Waals surface area (Å²) in [5, 5.41) is 10.7. The third kappa shape index (κ3) is 3.39. The van der Waals surface area contributed by atoms with Crippen molar-refractivity contribution in [3.8, 4) is 0 Å². The number of hydrogen-bond donors (Lipinski definition) is 2. The van der Waals surface area contributed by atoms with Gasteiger partial charge in [0, 0.05) is 28.4 Å². The van der Waals surface area contributed by atoms with Crippen LogP contribution in [0.1, 0.15) is 27.0 Å². The molecule has 3 N–H and O–H groups in total. The molecule has 0 bridgehead atoms. The Balaban J connectivity index is 1.99. The van der Waals surface area contributed by atoms with Crippen molar-refractivity contribution in [2.75, 3.05) is 0 Å². The maximum atomic E-state index is 13.9. The molecule has 1 aromatic heterocycles. The highest BCUT2D eigenvalue weighted by Gasteiger charge is 2.31. The molecule has 3 aromatic carbocycles. The molecule has 0 spiro atoms. The first-order chi connectivity index (χ1) is 14.2. The van der Waals surface area contributed by atoms with Crippen LogP contribution in [0.25, 0.3) is 21.8 Å². The van der Waals surface area contributed by atoms with Gasteiger partial charge in [0.2, 0.25) is 5.91 Å². The van der Waals surface area contributed by atoms with E-state index in [2.05, 4.69) is 0 Å². The molecule has 8 heteroatoms. The lowest BCUT2D eigenvalue weighted by atomic mass is 10.0. The second-order valence-corrected chi connectivity index (χ2v) is 7.01. The number of benzene rings is 3. The van der Waals surface area contributed by atoms with Crippen molar-refractivity contribution in [3.05, 3.63) is 82.7 Å². The molecular weight excluding hydrogens is 400 g/mol. The topological polar surface area (TPSA) is 68.2 Å². The van der Waals surface area contributed by atoms with Crippen LogP contribution >= 0.6 is 0 Å². The zero-order valence-electron chi connectivity index (χ0n) is 15.5. The molecule has 0 saturated carbocycles. The lowest BCUT2D eigenvalue weighted by molar-refractivity contribution is -0.137. The lowest BCUT2D eigenvalue weighted by Crippen LogP contribution is -2.11. The molecule has 154 valence electrons. The Hall–Kier alpha value is -3.39. The minimum absolute atomic E-state index is 0.0715. The smallest absolute Gasteiger partial charge is 0.392 e. The summed E-state index contributed by atoms with van der Waals surface area (Å²) < 4.78 is 54.9. The third-order valence-corrected chi connectivity index (χ3v) is 5.03. The van der Waals surface area contributed by atoms with Crippen LogP contribution in [0.15, 0.2) is 54.6 Å². The number of nitrogens with two attached hydrogens (primary N) is 1. The first kappa shape index (κ1) is 19.9. The zero-order valence-corrected chi connectivity index (χ0v) is 15.5. The summed E-state index contributed by atoms with van der Waals surface area (Å²) in [4.78, 5) is 11.9. The van der Waals surface area contributed by atoms with E-state index in [-0.39, 0.29) is 24.3 Å². The highest BCUT2D eigenvalue weighted by Crippen LogP contribution is 2.34. The molecular formula is C22H16F4N2O2. The normalized spacial score (nSPS) is 12.0. The van der Waals surface area contributed by atoms with Gasteiger partial charge in [0.05, 0.1) is 17.7 Å². The molecule has 4 rings (SSSR count). The first-order valence-electron chi connectivity index (χ1n) is 9.00. The molecule has 0 radical (unpaired) electrons. The second kappa shape index (κ2) is 7.14. The highest BCUT2D eigenvalue weighted by atomic mass is 19.4. The van der Waals surface area contributed by atoms with Crippen molar-refractivity contribution in [2.45, 2.75) is 19.3 Å². The summed E-state index contributed by atoms with van der Waals surface area (Å²) in [6.45, 7) is -0.309. The summed E-state index contributed by atoms with van der Waals surface area (Å²) in [6, 6.07) is 12.4. The minimum atomic E-state index is -4.68. The number of primary amides is 1. The number of alkyl halides is 3. The number of fused-ring (bicyclic) bond motifs is 3. The van der Waals surface area contributed by atoms with E-state index in [1.165, 1.54) is 0 Å². The standard InChI is InChI=1S/C22H16F4N2O2/c23-15-7-13(6-14(9-15)22(24,25)26)10-28-18-3-1-2-17(21(27)30)20(18)16-5-4-12(11-29)8-19(16)28/h1-9,29H,10-11H2,(H2,27,30). The number of amides is 1. The summed E-state index contributed by atoms with van der Waals surface area (Å²) >= 11 is 0. The average molecular weight is 416 g/mol. The van der Waals surface area contributed by atoms with Crippen molar-refractivity contribution in [3.63, 3.8) is 0 Å². The molecule has 4 aromatic rings. The van der Waals surface area contributed by atoms with Crippen LogP contribution in [0.3, 0.4) is 0 Å². The average Bonchev–Trinajstić information content (AvgIpc) is 3.00. The van der Waals surface area contributed by atoms with E-state index in [1.54, 1.807) is 41.0 Å². The van der Waals surface area contributed by atoms with Crippen molar-refractivity contribution in [1.82, 2.24) is 4.57 Å². The van der Waals surface area contributed by atoms with E-state index >= 15 is 0 Å². The molecule has 0 saturated heterocycles. The number of aliphatic hydroxyl groups excluding tert-OH is 1. The van der Waals surface area contributed by atoms with E-state index in [4.69, 9.17) is 5.73 Å². The molecule has 0 aliphatic rings. The van der Waals surface area contributed by atoms with Crippen LogP contribution in [0.5, 0.6) is 0 Å². The van der Waals surface area contributed by atoms with E-state index in [0.29, 0.717) is 33.4 Å². The van der Waals surface area contributed by atoms with Gasteiger partial charge in [-0.1, -0.05) is 18.2 Å². The zero-order chi connectivity index (χ0) is 21.6. The number of aliphatic hydroxyl groups is 1. The van der Waals surface area contributed by atoms with Gasteiger partial charge in [0.15, 0.2) is 0 Å². The molecule has 30 heavy (non-hydrogen) atoms. The number of halogens is 4. The van der Waals surface area contributed by atoms with Crippen molar-refractivity contribution in [1.29, 1.82) is 0 Å². The minimum Gasteiger partial charge on any atom is -0.392 e. The maximum Gasteiger partial charge on any atom is 0.416 e. The monoisotopic (exact) mass is 416 g/mol. The molecule has 1 amide bonds. The van der Waals surface area contributed by atoms with Gasteiger partial charge in [-0.15, -0.1) is 0 Å². The van der Waals surface area contributed by atoms with Crippen LogP contribution in [-0.4, -0.2) is 15.6 Å². The van der Waals surface area contributed by atoms with Gasteiger partial charge < -0.3 is 15.4 Å². The maximum absolute atomic E-state index is 13.9. The Morgan fingerprint density at radius 1 is 1.00 bits per heavy atom. The molecule has 0 unspecified atom stereocenters. The Morgan fingerprint density at radius 2 is 1.77 bits per heavy atom. The quantitative estimate of drug-likeness (QED) is 0.478. The molecule has 4 nitrogen and oxygen atoms in total. The first-order valence-corrected chi connectivity index (χ1v) is 9.00. The van der Waals surface area contributed by atoms with Crippen LogP contribution in [-0.2, 0) is 19.3 Å². The molecule has 0 fully saturated rings. The van der Waals surface area contributed by atoms with Crippen molar-refractivity contribution in [2.24, 2.45) is 5.73 Å². The van der Waals surface area contributed by atoms with E-state index in [9.17, 15) is 27.5 Å². The number of aromatic nitrogens is 1. The van der Waals surface area contributed by atoms with Crippen molar-refractivity contribution < 1.29 is 27.5 Å². The summed E-state index contributed by atoms with van der Waals surface area (Å²) in [5.41, 5.74) is 6.55. The van der Waals surface area contributed by atoms with Gasteiger partial charge >= 0.3 is 6.18 Å². The predicted octanol–water partition coefficient (Wildman–Crippen LogP) is 4.59. The second-order valence-electron chi connectivity index (χ2n) is 7.01. The third-order valence-electron chi connectivity index (χ3n) is 5.03. The van der Waals surface area contributed by atoms with Crippen LogP contribution in [0.4, 0.5) is 17.6 Å². The van der Waals surface area contributed by atoms with E-state index in [0.717, 1.165) is 12.1 Å². The van der Waals surface area contributed by atoms with Gasteiger partial charge in [-0.2, -0.15) is 13.2 Å². The van der Waals surface area contributed by atoms with E-state index < -0.39 is 23.5 Å². The summed E-state index contributed by atoms with van der Waals surface area (Å²) in [6.07, 6.45) is -4.68. The number of carbonyl (C=O) groups excluding carboxylic acids is 1. The SMILES string of the molecule is NC(=O)c1cccc2c1c1ccc(CO)cc1n2Cc1cc(F)cc(C(F)(F)F)c1.